The zero-order valence-corrected chi connectivity index (χ0v) is 23.5. The molecule has 0 saturated carbocycles. The molecule has 4 atom stereocenters. The van der Waals surface area contributed by atoms with Crippen molar-refractivity contribution < 1.29 is 38.4 Å². The molecule has 212 valence electrons. The van der Waals surface area contributed by atoms with Crippen LogP contribution in [0, 0.1) is 11.8 Å². The van der Waals surface area contributed by atoms with Crippen molar-refractivity contribution in [3.05, 3.63) is 75.8 Å². The van der Waals surface area contributed by atoms with Gasteiger partial charge >= 0.3 is 5.97 Å². The number of amides is 1. The highest BCUT2D eigenvalue weighted by atomic mass is 35.5. The minimum absolute atomic E-state index is 0.0618. The molecule has 1 aliphatic carbocycles. The number of hydrogen-bond donors (Lipinski definition) is 3. The normalized spacial score (nSPS) is 21.8. The summed E-state index contributed by atoms with van der Waals surface area (Å²) in [5.74, 6) is -0.929. The van der Waals surface area contributed by atoms with E-state index in [1.807, 2.05) is 12.1 Å². The van der Waals surface area contributed by atoms with Crippen LogP contribution in [-0.4, -0.2) is 49.7 Å². The monoisotopic (exact) mass is 596 g/mol. The molecule has 2 aliphatic heterocycles. The van der Waals surface area contributed by atoms with Crippen LogP contribution in [0.1, 0.15) is 39.0 Å². The Hall–Kier alpha value is -4.22. The highest BCUT2D eigenvalue weighted by Crippen LogP contribution is 2.55. The Labute approximate surface area is 245 Å². The van der Waals surface area contributed by atoms with E-state index in [-0.39, 0.29) is 47.6 Å². The number of rotatable bonds is 5. The first-order valence-corrected chi connectivity index (χ1v) is 13.5. The van der Waals surface area contributed by atoms with Crippen LogP contribution >= 0.6 is 23.8 Å². The lowest BCUT2D eigenvalue weighted by Gasteiger charge is -2.40. The van der Waals surface area contributed by atoms with Gasteiger partial charge in [0.1, 0.15) is 0 Å². The second-order valence-electron chi connectivity index (χ2n) is 9.82. The molecule has 3 aromatic rings. The van der Waals surface area contributed by atoms with Gasteiger partial charge in [0.2, 0.25) is 12.5 Å². The highest BCUT2D eigenvalue weighted by Gasteiger charge is 2.53. The summed E-state index contributed by atoms with van der Waals surface area (Å²) >= 11 is 11.5. The van der Waals surface area contributed by atoms with Gasteiger partial charge in [-0.05, 0) is 77.4 Å². The molecule has 0 aromatic heterocycles. The number of aromatic hydroxyl groups is 1. The Morgan fingerprint density at radius 2 is 1.63 bits per heavy atom. The summed E-state index contributed by atoms with van der Waals surface area (Å²) in [6.45, 7) is 0.192. The molecule has 0 bridgehead atoms. The first kappa shape index (κ1) is 27.0. The lowest BCUT2D eigenvalue weighted by molar-refractivity contribution is -0.141. The summed E-state index contributed by atoms with van der Waals surface area (Å²) in [6, 6.07) is 13.0. The second kappa shape index (κ2) is 10.6. The number of hydrogen-bond acceptors (Lipinski definition) is 9. The van der Waals surface area contributed by atoms with E-state index in [1.165, 1.54) is 14.2 Å². The second-order valence-corrected chi connectivity index (χ2v) is 10.7. The van der Waals surface area contributed by atoms with Crippen LogP contribution in [-0.2, 0) is 9.53 Å². The lowest BCUT2D eigenvalue weighted by Crippen LogP contribution is -2.47. The smallest absolute Gasteiger partial charge is 0.310 e. The molecule has 3 N–H and O–H groups in total. The minimum atomic E-state index is -0.630. The molecular weight excluding hydrogens is 572 g/mol. The van der Waals surface area contributed by atoms with Crippen molar-refractivity contribution >= 4 is 40.8 Å². The molecule has 0 spiro atoms. The maximum absolute atomic E-state index is 13.3. The zero-order valence-electron chi connectivity index (χ0n) is 21.9. The van der Waals surface area contributed by atoms with Gasteiger partial charge in [0.15, 0.2) is 28.1 Å². The molecule has 1 amide bonds. The third-order valence-electron chi connectivity index (χ3n) is 7.67. The van der Waals surface area contributed by atoms with Crippen molar-refractivity contribution in [3.8, 4) is 28.7 Å². The molecule has 0 unspecified atom stereocenters. The van der Waals surface area contributed by atoms with Gasteiger partial charge in [-0.15, -0.1) is 0 Å². The summed E-state index contributed by atoms with van der Waals surface area (Å²) in [4.78, 5) is 26.1. The molecule has 12 heteroatoms. The van der Waals surface area contributed by atoms with Crippen LogP contribution in [0.4, 0.5) is 0 Å². The molecule has 0 radical (unpaired) electrons. The Bertz CT molecular complexity index is 1540. The minimum Gasteiger partial charge on any atom is -0.502 e. The number of methoxy groups -OCH3 is 2. The van der Waals surface area contributed by atoms with Crippen molar-refractivity contribution in [1.29, 1.82) is 0 Å². The van der Waals surface area contributed by atoms with Crippen molar-refractivity contribution in [1.82, 2.24) is 10.6 Å². The van der Waals surface area contributed by atoms with Gasteiger partial charge in [0.05, 0.1) is 32.8 Å². The molecule has 41 heavy (non-hydrogen) atoms. The number of thiocarbonyl (C=S) groups is 1. The van der Waals surface area contributed by atoms with E-state index in [0.717, 1.165) is 11.1 Å². The van der Waals surface area contributed by atoms with Crippen LogP contribution in [0.3, 0.4) is 0 Å². The summed E-state index contributed by atoms with van der Waals surface area (Å²) in [5.41, 5.74) is 2.64. The molecule has 2 heterocycles. The number of phenolic OH excluding ortho intramolecular Hbond substituents is 1. The van der Waals surface area contributed by atoms with Gasteiger partial charge in [-0.1, -0.05) is 11.6 Å². The number of phenols is 1. The fourth-order valence-electron chi connectivity index (χ4n) is 5.79. The van der Waals surface area contributed by atoms with Crippen LogP contribution in [0.15, 0.2) is 48.5 Å². The van der Waals surface area contributed by atoms with Crippen LogP contribution in [0.2, 0.25) is 5.02 Å². The van der Waals surface area contributed by atoms with Gasteiger partial charge in [-0.25, -0.2) is 0 Å². The topological polar surface area (TPSA) is 125 Å². The third kappa shape index (κ3) is 4.74. The lowest BCUT2D eigenvalue weighted by atomic mass is 9.65. The fourth-order valence-corrected chi connectivity index (χ4v) is 6.14. The van der Waals surface area contributed by atoms with Crippen molar-refractivity contribution in [3.63, 3.8) is 0 Å². The van der Waals surface area contributed by atoms with Crippen molar-refractivity contribution in [2.75, 3.05) is 27.6 Å². The number of cyclic esters (lactones) is 1. The van der Waals surface area contributed by atoms with Gasteiger partial charge in [-0.2, -0.15) is 0 Å². The van der Waals surface area contributed by atoms with E-state index >= 15 is 0 Å². The van der Waals surface area contributed by atoms with Gasteiger partial charge in [0, 0.05) is 22.4 Å². The summed E-state index contributed by atoms with van der Waals surface area (Å²) in [6.07, 6.45) is 0. The van der Waals surface area contributed by atoms with Crippen molar-refractivity contribution in [2.45, 2.75) is 12.0 Å². The molecule has 1 fully saturated rings. The quantitative estimate of drug-likeness (QED) is 0.293. The SMILES string of the molecule is COc1cc([C@@H]2c3cc4c(cc3[C@@H](NC(=S)NC(=O)c3ccc(Cl)cc3)[C@H]3COC(=O)[C@H]23)OCO4)cc(OC)c1O. The van der Waals surface area contributed by atoms with E-state index in [0.29, 0.717) is 27.6 Å². The highest BCUT2D eigenvalue weighted by molar-refractivity contribution is 7.80. The molecule has 1 saturated heterocycles. The van der Waals surface area contributed by atoms with E-state index in [2.05, 4.69) is 10.6 Å². The number of halogens is 1. The van der Waals surface area contributed by atoms with E-state index in [9.17, 15) is 14.7 Å². The number of benzene rings is 3. The number of carbonyl (C=O) groups excluding carboxylic acids is 2. The van der Waals surface area contributed by atoms with Crippen molar-refractivity contribution in [2.24, 2.45) is 11.8 Å². The van der Waals surface area contributed by atoms with Crippen LogP contribution < -0.4 is 29.6 Å². The Kier molecular flexibility index (Phi) is 7.00. The number of carbonyl (C=O) groups is 2. The molecule has 10 nitrogen and oxygen atoms in total. The number of nitrogens with one attached hydrogen (secondary N) is 2. The standard InChI is InChI=1S/C29H25ClN2O8S/c1-36-21-7-14(8-22(37-2)26(21)33)23-16-9-19-20(40-12-39-19)10-17(16)25(18-11-38-28(35)24(18)23)31-29(41)32-27(34)13-3-5-15(30)6-4-13/h3-10,18,23-25,33H,11-12H2,1-2H3,(H2,31,32,34,41)/t18-,23+,24-,25+/m0/s1. The largest absolute Gasteiger partial charge is 0.502 e. The van der Waals surface area contributed by atoms with Crippen LogP contribution in [0.5, 0.6) is 28.7 Å². The summed E-state index contributed by atoms with van der Waals surface area (Å²) in [7, 11) is 2.88. The molecular formula is C29H25ClN2O8S. The Morgan fingerprint density at radius 3 is 2.27 bits per heavy atom. The number of esters is 1. The molecule has 3 aliphatic rings. The van der Waals surface area contributed by atoms with E-state index in [1.54, 1.807) is 36.4 Å². The average Bonchev–Trinajstić information content (AvgIpc) is 3.59. The van der Waals surface area contributed by atoms with Crippen LogP contribution in [0.25, 0.3) is 0 Å². The van der Waals surface area contributed by atoms with Gasteiger partial charge in [0.25, 0.3) is 5.91 Å². The maximum atomic E-state index is 13.3. The Balaban J connectivity index is 1.41. The number of fused-ring (bicyclic) bond motifs is 3. The predicted molar refractivity (Wildman–Crippen MR) is 151 cm³/mol. The fraction of sp³-hybridized carbons (Fsp3) is 0.276. The average molecular weight is 597 g/mol. The summed E-state index contributed by atoms with van der Waals surface area (Å²) in [5, 5.41) is 17.1. The van der Waals surface area contributed by atoms with Gasteiger partial charge < -0.3 is 34.1 Å². The number of ether oxygens (including phenoxy) is 5. The van der Waals surface area contributed by atoms with E-state index < -0.39 is 23.8 Å². The third-order valence-corrected chi connectivity index (χ3v) is 8.14. The predicted octanol–water partition coefficient (Wildman–Crippen LogP) is 4.07. The summed E-state index contributed by atoms with van der Waals surface area (Å²) < 4.78 is 27.8. The first-order valence-electron chi connectivity index (χ1n) is 12.7. The molecule has 6 rings (SSSR count). The molecule has 3 aromatic carbocycles. The maximum Gasteiger partial charge on any atom is 0.310 e. The Morgan fingerprint density at radius 1 is 1.00 bits per heavy atom. The van der Waals surface area contributed by atoms with E-state index in [4.69, 9.17) is 47.5 Å². The zero-order chi connectivity index (χ0) is 28.8. The first-order chi connectivity index (χ1) is 19.8. The van der Waals surface area contributed by atoms with Gasteiger partial charge in [-0.3, -0.25) is 14.9 Å².